The zero-order valence-corrected chi connectivity index (χ0v) is 9.03. The molecular weight excluding hydrogens is 239 g/mol. The van der Waals surface area contributed by atoms with Crippen molar-refractivity contribution >= 4 is 5.97 Å². The van der Waals surface area contributed by atoms with E-state index in [0.717, 1.165) is 0 Å². The fourth-order valence-electron chi connectivity index (χ4n) is 1.15. The Balaban J connectivity index is 2.60. The van der Waals surface area contributed by atoms with Crippen LogP contribution in [0.15, 0.2) is 18.7 Å². The zero-order chi connectivity index (χ0) is 13.1. The van der Waals surface area contributed by atoms with Crippen LogP contribution in [-0.2, 0) is 11.3 Å². The van der Waals surface area contributed by atoms with Gasteiger partial charge in [-0.2, -0.15) is 13.2 Å². The number of imidazole rings is 1. The largest absolute Gasteiger partial charge is 0.480 e. The number of rotatable bonds is 5. The molecule has 0 aliphatic heterocycles. The third kappa shape index (κ3) is 2.96. The minimum Gasteiger partial charge on any atom is -0.480 e. The van der Waals surface area contributed by atoms with E-state index in [1.807, 2.05) is 5.32 Å². The highest BCUT2D eigenvalue weighted by Crippen LogP contribution is 2.30. The first-order valence-electron chi connectivity index (χ1n) is 4.78. The molecule has 1 aromatic rings. The van der Waals surface area contributed by atoms with Gasteiger partial charge in [-0.3, -0.25) is 5.32 Å². The Morgan fingerprint density at radius 2 is 2.18 bits per heavy atom. The maximum absolute atomic E-state index is 12.6. The molecule has 0 aliphatic rings. The first-order valence-corrected chi connectivity index (χ1v) is 4.78. The second-order valence-corrected chi connectivity index (χ2v) is 3.66. The monoisotopic (exact) mass is 251 g/mol. The first kappa shape index (κ1) is 13.5. The van der Waals surface area contributed by atoms with Crippen LogP contribution in [0.2, 0.25) is 0 Å². The lowest BCUT2D eigenvalue weighted by molar-refractivity contribution is -0.205. The molecule has 0 radical (unpaired) electrons. The Morgan fingerprint density at radius 3 is 2.59 bits per heavy atom. The quantitative estimate of drug-likeness (QED) is 0.815. The molecule has 0 aromatic carbocycles. The Hall–Kier alpha value is -1.57. The molecule has 1 atom stereocenters. The van der Waals surface area contributed by atoms with Crippen molar-refractivity contribution in [2.45, 2.75) is 25.2 Å². The van der Waals surface area contributed by atoms with Crippen LogP contribution >= 0.6 is 0 Å². The number of nitrogens with one attached hydrogen (secondary N) is 1. The lowest BCUT2D eigenvalue weighted by Crippen LogP contribution is -2.60. The van der Waals surface area contributed by atoms with Crippen LogP contribution in [0.4, 0.5) is 13.2 Å². The number of halogens is 3. The normalized spacial score (nSPS) is 15.5. The molecule has 96 valence electrons. The second-order valence-electron chi connectivity index (χ2n) is 3.66. The van der Waals surface area contributed by atoms with Gasteiger partial charge in [-0.05, 0) is 6.92 Å². The standard InChI is InChI=1S/C9H12F3N3O2/c1-8(7(16)17,9(10,11)12)14-3-5-15-4-2-13-6-15/h2,4,6,14H,3,5H2,1H3,(H,16,17). The summed E-state index contributed by atoms with van der Waals surface area (Å²) in [5, 5.41) is 10.6. The highest BCUT2D eigenvalue weighted by molar-refractivity contribution is 5.79. The van der Waals surface area contributed by atoms with Crippen molar-refractivity contribution in [2.75, 3.05) is 6.54 Å². The fraction of sp³-hybridized carbons (Fsp3) is 0.556. The first-order chi connectivity index (χ1) is 7.77. The lowest BCUT2D eigenvalue weighted by atomic mass is 10.0. The second kappa shape index (κ2) is 4.74. The van der Waals surface area contributed by atoms with Gasteiger partial charge in [0.05, 0.1) is 6.33 Å². The highest BCUT2D eigenvalue weighted by atomic mass is 19.4. The number of aromatic nitrogens is 2. The van der Waals surface area contributed by atoms with Gasteiger partial charge in [-0.15, -0.1) is 0 Å². The van der Waals surface area contributed by atoms with E-state index >= 15 is 0 Å². The van der Waals surface area contributed by atoms with Crippen LogP contribution in [0.1, 0.15) is 6.92 Å². The van der Waals surface area contributed by atoms with Crippen LogP contribution in [0, 0.1) is 0 Å². The van der Waals surface area contributed by atoms with Crippen molar-refractivity contribution in [1.29, 1.82) is 0 Å². The predicted molar refractivity (Wildman–Crippen MR) is 52.3 cm³/mol. The zero-order valence-electron chi connectivity index (χ0n) is 9.03. The number of alkyl halides is 3. The molecule has 1 heterocycles. The molecule has 0 aliphatic carbocycles. The van der Waals surface area contributed by atoms with E-state index in [9.17, 15) is 18.0 Å². The van der Waals surface area contributed by atoms with E-state index in [1.54, 1.807) is 10.8 Å². The third-order valence-corrected chi connectivity index (χ3v) is 2.40. The van der Waals surface area contributed by atoms with Crippen molar-refractivity contribution in [3.8, 4) is 0 Å². The molecule has 8 heteroatoms. The summed E-state index contributed by atoms with van der Waals surface area (Å²) in [7, 11) is 0. The number of carboxylic acids is 1. The lowest BCUT2D eigenvalue weighted by Gasteiger charge is -2.28. The van der Waals surface area contributed by atoms with Gasteiger partial charge in [-0.25, -0.2) is 9.78 Å². The smallest absolute Gasteiger partial charge is 0.417 e. The van der Waals surface area contributed by atoms with E-state index in [-0.39, 0.29) is 13.1 Å². The Morgan fingerprint density at radius 1 is 1.53 bits per heavy atom. The summed E-state index contributed by atoms with van der Waals surface area (Å²) >= 11 is 0. The van der Waals surface area contributed by atoms with Crippen LogP contribution in [0.5, 0.6) is 0 Å². The molecule has 0 spiro atoms. The SMILES string of the molecule is CC(NCCn1ccnc1)(C(=O)O)C(F)(F)F. The van der Waals surface area contributed by atoms with Gasteiger partial charge in [0.15, 0.2) is 0 Å². The Bertz CT molecular complexity index is 377. The summed E-state index contributed by atoms with van der Waals surface area (Å²) in [5.41, 5.74) is -2.94. The number of carbonyl (C=O) groups is 1. The minimum absolute atomic E-state index is 0.126. The van der Waals surface area contributed by atoms with Gasteiger partial charge >= 0.3 is 12.1 Å². The molecule has 1 unspecified atom stereocenters. The number of nitrogens with zero attached hydrogens (tertiary/aromatic N) is 2. The molecular formula is C9H12F3N3O2. The molecule has 5 nitrogen and oxygen atoms in total. The van der Waals surface area contributed by atoms with Crippen LogP contribution in [0.25, 0.3) is 0 Å². The molecule has 0 fully saturated rings. The molecule has 0 saturated carbocycles. The van der Waals surface area contributed by atoms with Crippen molar-refractivity contribution in [3.05, 3.63) is 18.7 Å². The van der Waals surface area contributed by atoms with Gasteiger partial charge in [0.25, 0.3) is 0 Å². The molecule has 0 saturated heterocycles. The van der Waals surface area contributed by atoms with Crippen molar-refractivity contribution < 1.29 is 23.1 Å². The number of aliphatic carboxylic acids is 1. The predicted octanol–water partition coefficient (Wildman–Crippen LogP) is 0.878. The summed E-state index contributed by atoms with van der Waals surface area (Å²) in [6, 6.07) is 0. The van der Waals surface area contributed by atoms with E-state index in [1.165, 1.54) is 12.5 Å². The van der Waals surface area contributed by atoms with E-state index in [0.29, 0.717) is 6.92 Å². The van der Waals surface area contributed by atoms with Crippen molar-refractivity contribution in [2.24, 2.45) is 0 Å². The molecule has 0 amide bonds. The maximum atomic E-state index is 12.6. The van der Waals surface area contributed by atoms with E-state index in [2.05, 4.69) is 4.98 Å². The van der Waals surface area contributed by atoms with E-state index < -0.39 is 17.7 Å². The van der Waals surface area contributed by atoms with Crippen LogP contribution < -0.4 is 5.32 Å². The molecule has 0 bridgehead atoms. The van der Waals surface area contributed by atoms with Crippen molar-refractivity contribution in [3.63, 3.8) is 0 Å². The number of carboxylic acid groups (broad SMARTS) is 1. The van der Waals surface area contributed by atoms with E-state index in [4.69, 9.17) is 5.11 Å². The average molecular weight is 251 g/mol. The number of hydrogen-bond donors (Lipinski definition) is 2. The number of hydrogen-bond acceptors (Lipinski definition) is 3. The average Bonchev–Trinajstić information content (AvgIpc) is 2.68. The van der Waals surface area contributed by atoms with Crippen LogP contribution in [-0.4, -0.2) is 38.9 Å². The molecule has 1 rings (SSSR count). The molecule has 1 aromatic heterocycles. The highest BCUT2D eigenvalue weighted by Gasteiger charge is 2.56. The topological polar surface area (TPSA) is 67.2 Å². The van der Waals surface area contributed by atoms with Gasteiger partial charge in [0, 0.05) is 25.5 Å². The fourth-order valence-corrected chi connectivity index (χ4v) is 1.15. The van der Waals surface area contributed by atoms with Gasteiger partial charge in [0.1, 0.15) is 0 Å². The Kier molecular flexibility index (Phi) is 3.76. The summed E-state index contributed by atoms with van der Waals surface area (Å²) in [6.07, 6.45) is -0.353. The summed E-state index contributed by atoms with van der Waals surface area (Å²) < 4.78 is 39.2. The van der Waals surface area contributed by atoms with Crippen molar-refractivity contribution in [1.82, 2.24) is 14.9 Å². The molecule has 2 N–H and O–H groups in total. The molecule has 17 heavy (non-hydrogen) atoms. The maximum Gasteiger partial charge on any atom is 0.417 e. The summed E-state index contributed by atoms with van der Waals surface area (Å²) in [5.74, 6) is -1.95. The summed E-state index contributed by atoms with van der Waals surface area (Å²) in [6.45, 7) is 0.681. The van der Waals surface area contributed by atoms with Gasteiger partial charge in [0.2, 0.25) is 5.54 Å². The van der Waals surface area contributed by atoms with Gasteiger partial charge in [-0.1, -0.05) is 0 Å². The minimum atomic E-state index is -4.85. The Labute approximate surface area is 95.3 Å². The van der Waals surface area contributed by atoms with Gasteiger partial charge < -0.3 is 9.67 Å². The van der Waals surface area contributed by atoms with Crippen LogP contribution in [0.3, 0.4) is 0 Å². The summed E-state index contributed by atoms with van der Waals surface area (Å²) in [4.78, 5) is 14.4. The third-order valence-electron chi connectivity index (χ3n) is 2.40.